The normalized spacial score (nSPS) is 11.4. The first-order valence-corrected chi connectivity index (χ1v) is 5.80. The predicted molar refractivity (Wildman–Crippen MR) is 63.5 cm³/mol. The minimum atomic E-state index is -0.329. The van der Waals surface area contributed by atoms with E-state index in [1.54, 1.807) is 30.5 Å². The van der Waals surface area contributed by atoms with E-state index < -0.39 is 0 Å². The van der Waals surface area contributed by atoms with Crippen molar-refractivity contribution in [3.05, 3.63) is 29.0 Å². The lowest BCUT2D eigenvalue weighted by Crippen LogP contribution is -1.98. The van der Waals surface area contributed by atoms with Crippen molar-refractivity contribution in [2.75, 3.05) is 6.61 Å². The van der Waals surface area contributed by atoms with E-state index in [9.17, 15) is 4.79 Å². The monoisotopic (exact) mass is 236 g/mol. The Morgan fingerprint density at radius 3 is 3.25 bits per heavy atom. The Kier molecular flexibility index (Phi) is 3.05. The highest BCUT2D eigenvalue weighted by Crippen LogP contribution is 2.18. The van der Waals surface area contributed by atoms with Crippen molar-refractivity contribution in [2.24, 2.45) is 0 Å². The fourth-order valence-electron chi connectivity index (χ4n) is 1.38. The molecule has 0 radical (unpaired) electrons. The SMILES string of the molecule is CCOC(=O)/C=C/c1cnc2sc(C)cn12. The van der Waals surface area contributed by atoms with E-state index in [-0.39, 0.29) is 5.97 Å². The van der Waals surface area contributed by atoms with Gasteiger partial charge in [0, 0.05) is 17.2 Å². The van der Waals surface area contributed by atoms with Gasteiger partial charge in [0.2, 0.25) is 0 Å². The Morgan fingerprint density at radius 2 is 2.50 bits per heavy atom. The summed E-state index contributed by atoms with van der Waals surface area (Å²) in [5.74, 6) is -0.329. The average Bonchev–Trinajstić information content (AvgIpc) is 2.75. The Morgan fingerprint density at radius 1 is 1.69 bits per heavy atom. The molecule has 5 heteroatoms. The van der Waals surface area contributed by atoms with Gasteiger partial charge in [0.1, 0.15) is 0 Å². The zero-order chi connectivity index (χ0) is 11.5. The maximum absolute atomic E-state index is 11.1. The number of esters is 1. The van der Waals surface area contributed by atoms with Crippen LogP contribution in [0.4, 0.5) is 0 Å². The molecule has 2 rings (SSSR count). The van der Waals surface area contributed by atoms with Gasteiger partial charge in [0.05, 0.1) is 18.5 Å². The van der Waals surface area contributed by atoms with Gasteiger partial charge in [0.25, 0.3) is 0 Å². The van der Waals surface area contributed by atoms with Crippen molar-refractivity contribution >= 4 is 28.3 Å². The quantitative estimate of drug-likeness (QED) is 0.606. The second-order valence-corrected chi connectivity index (χ2v) is 4.48. The van der Waals surface area contributed by atoms with Gasteiger partial charge in [-0.3, -0.25) is 4.40 Å². The van der Waals surface area contributed by atoms with Crippen molar-refractivity contribution in [1.82, 2.24) is 9.38 Å². The van der Waals surface area contributed by atoms with Gasteiger partial charge in [-0.1, -0.05) is 0 Å². The number of aryl methyl sites for hydroxylation is 1. The van der Waals surface area contributed by atoms with Gasteiger partial charge in [-0.25, -0.2) is 9.78 Å². The zero-order valence-electron chi connectivity index (χ0n) is 9.14. The molecular weight excluding hydrogens is 224 g/mol. The molecule has 16 heavy (non-hydrogen) atoms. The summed E-state index contributed by atoms with van der Waals surface area (Å²) in [5, 5.41) is 0. The molecule has 2 aromatic heterocycles. The molecule has 0 saturated carbocycles. The van der Waals surface area contributed by atoms with Crippen LogP contribution in [0, 0.1) is 6.92 Å². The number of carbonyl (C=O) groups is 1. The van der Waals surface area contributed by atoms with Gasteiger partial charge >= 0.3 is 5.97 Å². The molecule has 0 saturated heterocycles. The summed E-state index contributed by atoms with van der Waals surface area (Å²) in [6, 6.07) is 0. The Hall–Kier alpha value is -1.62. The van der Waals surface area contributed by atoms with Crippen LogP contribution in [0.2, 0.25) is 0 Å². The zero-order valence-corrected chi connectivity index (χ0v) is 9.95. The maximum atomic E-state index is 11.1. The molecule has 84 valence electrons. The molecule has 0 amide bonds. The number of imidazole rings is 1. The van der Waals surface area contributed by atoms with Crippen molar-refractivity contribution < 1.29 is 9.53 Å². The molecule has 2 heterocycles. The van der Waals surface area contributed by atoms with Crippen LogP contribution in [0.25, 0.3) is 11.0 Å². The van der Waals surface area contributed by atoms with Crippen LogP contribution in [0.3, 0.4) is 0 Å². The van der Waals surface area contributed by atoms with E-state index in [1.807, 2.05) is 17.5 Å². The lowest BCUT2D eigenvalue weighted by atomic mass is 10.4. The van der Waals surface area contributed by atoms with Gasteiger partial charge < -0.3 is 4.74 Å². The highest BCUT2D eigenvalue weighted by atomic mass is 32.1. The number of rotatable bonds is 3. The molecule has 0 aliphatic carbocycles. The number of thiazole rings is 1. The van der Waals surface area contributed by atoms with Crippen LogP contribution < -0.4 is 0 Å². The minimum absolute atomic E-state index is 0.329. The largest absolute Gasteiger partial charge is 0.463 e. The first-order chi connectivity index (χ1) is 7.70. The van der Waals surface area contributed by atoms with Crippen molar-refractivity contribution in [1.29, 1.82) is 0 Å². The van der Waals surface area contributed by atoms with Gasteiger partial charge in [0.15, 0.2) is 4.96 Å². The summed E-state index contributed by atoms with van der Waals surface area (Å²) in [7, 11) is 0. The fraction of sp³-hybridized carbons (Fsp3) is 0.273. The summed E-state index contributed by atoms with van der Waals surface area (Å²) in [6.45, 7) is 4.20. The van der Waals surface area contributed by atoms with E-state index in [1.165, 1.54) is 11.0 Å². The van der Waals surface area contributed by atoms with Gasteiger partial charge in [-0.15, -0.1) is 11.3 Å². The van der Waals surface area contributed by atoms with Crippen molar-refractivity contribution in [2.45, 2.75) is 13.8 Å². The Bertz CT molecular complexity index is 539. The van der Waals surface area contributed by atoms with E-state index in [0.29, 0.717) is 6.61 Å². The molecule has 0 aliphatic rings. The third kappa shape index (κ3) is 2.14. The molecule has 0 atom stereocenters. The first-order valence-electron chi connectivity index (χ1n) is 4.99. The second-order valence-electron chi connectivity index (χ2n) is 3.26. The third-order valence-corrected chi connectivity index (χ3v) is 2.94. The molecule has 2 aromatic rings. The van der Waals surface area contributed by atoms with E-state index >= 15 is 0 Å². The van der Waals surface area contributed by atoms with Crippen LogP contribution in [0.15, 0.2) is 18.5 Å². The van der Waals surface area contributed by atoms with E-state index in [2.05, 4.69) is 4.98 Å². The number of hydrogen-bond acceptors (Lipinski definition) is 4. The molecule has 0 spiro atoms. The molecule has 4 nitrogen and oxygen atoms in total. The van der Waals surface area contributed by atoms with Crippen LogP contribution in [-0.4, -0.2) is 22.0 Å². The van der Waals surface area contributed by atoms with E-state index in [4.69, 9.17) is 4.74 Å². The number of fused-ring (bicyclic) bond motifs is 1. The summed E-state index contributed by atoms with van der Waals surface area (Å²) in [6.07, 6.45) is 6.86. The number of aromatic nitrogens is 2. The van der Waals surface area contributed by atoms with E-state index in [0.717, 1.165) is 10.7 Å². The van der Waals surface area contributed by atoms with Crippen molar-refractivity contribution in [3.8, 4) is 0 Å². The van der Waals surface area contributed by atoms with Gasteiger partial charge in [-0.2, -0.15) is 0 Å². The van der Waals surface area contributed by atoms with Crippen LogP contribution in [0.5, 0.6) is 0 Å². The lowest BCUT2D eigenvalue weighted by Gasteiger charge is -1.94. The fourth-order valence-corrected chi connectivity index (χ4v) is 2.19. The summed E-state index contributed by atoms with van der Waals surface area (Å²) in [4.78, 5) is 17.5. The lowest BCUT2D eigenvalue weighted by molar-refractivity contribution is -0.137. The topological polar surface area (TPSA) is 43.6 Å². The van der Waals surface area contributed by atoms with Gasteiger partial charge in [-0.05, 0) is 19.9 Å². The number of nitrogens with zero attached hydrogens (tertiary/aromatic N) is 2. The molecule has 0 fully saturated rings. The first kappa shape index (κ1) is 10.9. The van der Waals surface area contributed by atoms with Crippen LogP contribution in [-0.2, 0) is 9.53 Å². The smallest absolute Gasteiger partial charge is 0.330 e. The molecule has 0 aliphatic heterocycles. The number of hydrogen-bond donors (Lipinski definition) is 0. The van der Waals surface area contributed by atoms with Crippen molar-refractivity contribution in [3.63, 3.8) is 0 Å². The standard InChI is InChI=1S/C11H12N2O2S/c1-3-15-10(14)5-4-9-6-12-11-13(9)7-8(2)16-11/h4-7H,3H2,1-2H3/b5-4+. The Labute approximate surface area is 97.2 Å². The van der Waals surface area contributed by atoms with Crippen LogP contribution in [0.1, 0.15) is 17.5 Å². The predicted octanol–water partition coefficient (Wildman–Crippen LogP) is 2.28. The highest BCUT2D eigenvalue weighted by Gasteiger charge is 2.03. The molecule has 0 bridgehead atoms. The molecule has 0 unspecified atom stereocenters. The number of carbonyl (C=O) groups excluding carboxylic acids is 1. The minimum Gasteiger partial charge on any atom is -0.463 e. The summed E-state index contributed by atoms with van der Waals surface area (Å²) in [5.41, 5.74) is 0.882. The maximum Gasteiger partial charge on any atom is 0.330 e. The number of ether oxygens (including phenoxy) is 1. The molecule has 0 aromatic carbocycles. The Balaban J connectivity index is 2.23. The van der Waals surface area contributed by atoms with Crippen LogP contribution >= 0.6 is 11.3 Å². The summed E-state index contributed by atoms with van der Waals surface area (Å²) < 4.78 is 6.76. The third-order valence-electron chi connectivity index (χ3n) is 2.03. The summed E-state index contributed by atoms with van der Waals surface area (Å²) >= 11 is 1.62. The highest BCUT2D eigenvalue weighted by molar-refractivity contribution is 7.16. The molecule has 0 N–H and O–H groups in total. The molecular formula is C11H12N2O2S. The average molecular weight is 236 g/mol. The second kappa shape index (κ2) is 4.49.